The molecule has 0 spiro atoms. The minimum absolute atomic E-state index is 0.402. The second-order valence-electron chi connectivity index (χ2n) is 4.14. The highest BCUT2D eigenvalue weighted by molar-refractivity contribution is 6.44. The van der Waals surface area contributed by atoms with Gasteiger partial charge in [0.15, 0.2) is 0 Å². The first-order chi connectivity index (χ1) is 8.99. The van der Waals surface area contributed by atoms with E-state index in [9.17, 15) is 19.2 Å². The number of nitrogens with one attached hydrogen (secondary N) is 2. The highest BCUT2D eigenvalue weighted by Gasteiger charge is 2.42. The minimum Gasteiger partial charge on any atom is -0.353 e. The molecule has 1 saturated heterocycles. The van der Waals surface area contributed by atoms with Crippen molar-refractivity contribution in [2.24, 2.45) is 0 Å². The predicted molar refractivity (Wildman–Crippen MR) is 66.0 cm³/mol. The number of urea groups is 1. The van der Waals surface area contributed by atoms with Crippen LogP contribution in [0.25, 0.3) is 0 Å². The van der Waals surface area contributed by atoms with E-state index in [4.69, 9.17) is 0 Å². The Balaban J connectivity index is 2.35. The lowest BCUT2D eigenvalue weighted by Gasteiger charge is -2.12. The molecule has 19 heavy (non-hydrogen) atoms. The lowest BCUT2D eigenvalue weighted by atomic mass is 10.4. The first-order valence-corrected chi connectivity index (χ1v) is 6.10. The number of carbonyl (C=O) groups excluding carboxylic acids is 4. The van der Waals surface area contributed by atoms with Crippen LogP contribution >= 0.6 is 0 Å². The van der Waals surface area contributed by atoms with Crippen LogP contribution < -0.4 is 10.6 Å². The molecule has 5 amide bonds. The van der Waals surface area contributed by atoms with Crippen LogP contribution in [-0.2, 0) is 14.4 Å². The highest BCUT2D eigenvalue weighted by atomic mass is 16.2. The molecule has 0 radical (unpaired) electrons. The molecule has 0 aliphatic carbocycles. The monoisotopic (exact) mass is 270 g/mol. The summed E-state index contributed by atoms with van der Waals surface area (Å²) in [5.41, 5.74) is 0. The number of imide groups is 2. The van der Waals surface area contributed by atoms with Crippen LogP contribution in [-0.4, -0.2) is 66.8 Å². The second-order valence-corrected chi connectivity index (χ2v) is 4.14. The third kappa shape index (κ3) is 3.75. The number of hydrogen-bond acceptors (Lipinski definition) is 5. The SMILES string of the molecule is CCCNCCNC(=O)CN1C(=O)C(=O)N(C)C1=O. The summed E-state index contributed by atoms with van der Waals surface area (Å²) in [6.45, 7) is 3.47. The van der Waals surface area contributed by atoms with E-state index in [1.54, 1.807) is 0 Å². The summed E-state index contributed by atoms with van der Waals surface area (Å²) in [6.07, 6.45) is 0.999. The van der Waals surface area contributed by atoms with Gasteiger partial charge in [-0.25, -0.2) is 9.69 Å². The van der Waals surface area contributed by atoms with E-state index in [1.165, 1.54) is 7.05 Å². The van der Waals surface area contributed by atoms with Gasteiger partial charge in [0.05, 0.1) is 0 Å². The van der Waals surface area contributed by atoms with Crippen LogP contribution in [0.1, 0.15) is 13.3 Å². The molecule has 1 rings (SSSR count). The smallest absolute Gasteiger partial charge is 0.334 e. The second kappa shape index (κ2) is 6.83. The quantitative estimate of drug-likeness (QED) is 0.334. The molecule has 1 aliphatic rings. The Labute approximate surface area is 111 Å². The normalized spacial score (nSPS) is 15.4. The van der Waals surface area contributed by atoms with Crippen LogP contribution in [0.5, 0.6) is 0 Å². The van der Waals surface area contributed by atoms with Crippen molar-refractivity contribution in [3.63, 3.8) is 0 Å². The molecule has 0 aromatic heterocycles. The zero-order valence-corrected chi connectivity index (χ0v) is 11.1. The summed E-state index contributed by atoms with van der Waals surface area (Å²) in [5.74, 6) is -2.35. The number of amides is 5. The molecule has 0 aromatic carbocycles. The Hall–Kier alpha value is -1.96. The average Bonchev–Trinajstić information content (AvgIpc) is 2.56. The third-order valence-electron chi connectivity index (χ3n) is 2.60. The van der Waals surface area contributed by atoms with Crippen LogP contribution in [0.4, 0.5) is 4.79 Å². The van der Waals surface area contributed by atoms with Gasteiger partial charge in [-0.15, -0.1) is 0 Å². The van der Waals surface area contributed by atoms with Gasteiger partial charge in [0.1, 0.15) is 6.54 Å². The molecule has 0 aromatic rings. The Morgan fingerprint density at radius 3 is 2.32 bits per heavy atom. The number of rotatable bonds is 7. The van der Waals surface area contributed by atoms with Crippen LogP contribution in [0.15, 0.2) is 0 Å². The molecule has 8 heteroatoms. The van der Waals surface area contributed by atoms with Gasteiger partial charge in [0, 0.05) is 20.1 Å². The Kier molecular flexibility index (Phi) is 5.43. The highest BCUT2D eigenvalue weighted by Crippen LogP contribution is 2.08. The van der Waals surface area contributed by atoms with E-state index in [2.05, 4.69) is 10.6 Å². The standard InChI is InChI=1S/C11H18N4O4/c1-3-4-12-5-6-13-8(16)7-15-10(18)9(17)14(2)11(15)19/h12H,3-7H2,1-2H3,(H,13,16). The number of carbonyl (C=O) groups is 4. The maximum absolute atomic E-state index is 11.5. The van der Waals surface area contributed by atoms with E-state index in [0.29, 0.717) is 22.9 Å². The lowest BCUT2D eigenvalue weighted by Crippen LogP contribution is -2.42. The molecule has 106 valence electrons. The van der Waals surface area contributed by atoms with Crippen molar-refractivity contribution < 1.29 is 19.2 Å². The number of likely N-dealkylation sites (N-methyl/N-ethyl adjacent to an activating group) is 1. The largest absolute Gasteiger partial charge is 0.353 e. The summed E-state index contributed by atoms with van der Waals surface area (Å²) in [7, 11) is 1.20. The molecule has 2 N–H and O–H groups in total. The minimum atomic E-state index is -0.966. The average molecular weight is 270 g/mol. The fourth-order valence-corrected chi connectivity index (χ4v) is 1.54. The van der Waals surface area contributed by atoms with Crippen LogP contribution in [0, 0.1) is 0 Å². The molecule has 0 atom stereocenters. The fraction of sp³-hybridized carbons (Fsp3) is 0.636. The molecule has 8 nitrogen and oxygen atoms in total. The van der Waals surface area contributed by atoms with Gasteiger partial charge < -0.3 is 10.6 Å². The van der Waals surface area contributed by atoms with E-state index in [-0.39, 0.29) is 0 Å². The summed E-state index contributed by atoms with van der Waals surface area (Å²) < 4.78 is 0. The maximum Gasteiger partial charge on any atom is 0.334 e. The predicted octanol–water partition coefficient (Wildman–Crippen LogP) is -1.48. The Morgan fingerprint density at radius 2 is 1.79 bits per heavy atom. The maximum atomic E-state index is 11.5. The molecular formula is C11H18N4O4. The molecule has 0 saturated carbocycles. The molecule has 1 fully saturated rings. The van der Waals surface area contributed by atoms with Gasteiger partial charge in [-0.3, -0.25) is 19.3 Å². The van der Waals surface area contributed by atoms with Gasteiger partial charge in [-0.05, 0) is 13.0 Å². The summed E-state index contributed by atoms with van der Waals surface area (Å²) >= 11 is 0. The van der Waals surface area contributed by atoms with Crippen molar-refractivity contribution >= 4 is 23.8 Å². The summed E-state index contributed by atoms with van der Waals surface area (Å²) in [5, 5.41) is 5.65. The third-order valence-corrected chi connectivity index (χ3v) is 2.60. The van der Waals surface area contributed by atoms with Crippen molar-refractivity contribution in [3.8, 4) is 0 Å². The zero-order chi connectivity index (χ0) is 14.4. The summed E-state index contributed by atoms with van der Waals surface area (Å²) in [4.78, 5) is 47.0. The zero-order valence-electron chi connectivity index (χ0n) is 11.1. The number of hydrogen-bond donors (Lipinski definition) is 2. The first kappa shape index (κ1) is 15.1. The van der Waals surface area contributed by atoms with E-state index in [1.807, 2.05) is 6.92 Å². The van der Waals surface area contributed by atoms with E-state index < -0.39 is 30.3 Å². The molecular weight excluding hydrogens is 252 g/mol. The van der Waals surface area contributed by atoms with E-state index in [0.717, 1.165) is 13.0 Å². The lowest BCUT2D eigenvalue weighted by molar-refractivity contribution is -0.143. The van der Waals surface area contributed by atoms with Crippen LogP contribution in [0.3, 0.4) is 0 Å². The van der Waals surface area contributed by atoms with Crippen molar-refractivity contribution in [1.82, 2.24) is 20.4 Å². The fourth-order valence-electron chi connectivity index (χ4n) is 1.54. The van der Waals surface area contributed by atoms with E-state index >= 15 is 0 Å². The molecule has 1 aliphatic heterocycles. The van der Waals surface area contributed by atoms with Gasteiger partial charge in [0.2, 0.25) is 5.91 Å². The van der Waals surface area contributed by atoms with Crippen molar-refractivity contribution in [1.29, 1.82) is 0 Å². The Morgan fingerprint density at radius 1 is 1.11 bits per heavy atom. The molecule has 0 bridgehead atoms. The molecule has 0 unspecified atom stereocenters. The van der Waals surface area contributed by atoms with Gasteiger partial charge in [-0.1, -0.05) is 6.92 Å². The van der Waals surface area contributed by atoms with Crippen molar-refractivity contribution in [3.05, 3.63) is 0 Å². The molecule has 1 heterocycles. The topological polar surface area (TPSA) is 98.8 Å². The van der Waals surface area contributed by atoms with Gasteiger partial charge in [0.25, 0.3) is 0 Å². The van der Waals surface area contributed by atoms with Crippen molar-refractivity contribution in [2.75, 3.05) is 33.2 Å². The Bertz CT molecular complexity index is 396. The number of nitrogens with zero attached hydrogens (tertiary/aromatic N) is 2. The summed E-state index contributed by atoms with van der Waals surface area (Å²) in [6, 6.07) is -0.769. The van der Waals surface area contributed by atoms with Gasteiger partial charge >= 0.3 is 17.8 Å². The van der Waals surface area contributed by atoms with Crippen LogP contribution in [0.2, 0.25) is 0 Å². The first-order valence-electron chi connectivity index (χ1n) is 6.10. The van der Waals surface area contributed by atoms with Crippen molar-refractivity contribution in [2.45, 2.75) is 13.3 Å². The van der Waals surface area contributed by atoms with Gasteiger partial charge in [-0.2, -0.15) is 0 Å².